The molecule has 1 saturated heterocycles. The van der Waals surface area contributed by atoms with Gasteiger partial charge in [-0.2, -0.15) is 0 Å². The highest BCUT2D eigenvalue weighted by atomic mass is 35.5. The molecule has 1 N–H and O–H groups in total. The van der Waals surface area contributed by atoms with Gasteiger partial charge in [0, 0.05) is 45.1 Å². The number of carbonyl (C=O) groups excluding carboxylic acids is 2. The van der Waals surface area contributed by atoms with E-state index in [4.69, 9.17) is 21.1 Å². The largest absolute Gasteiger partial charge is 0.495 e. The molecule has 2 amide bonds. The van der Waals surface area contributed by atoms with Crippen LogP contribution in [0, 0.1) is 0 Å². The molecule has 1 fully saturated rings. The van der Waals surface area contributed by atoms with Gasteiger partial charge in [-0.25, -0.2) is 0 Å². The van der Waals surface area contributed by atoms with E-state index in [2.05, 4.69) is 17.1 Å². The van der Waals surface area contributed by atoms with Crippen LogP contribution in [0.15, 0.2) is 12.1 Å². The van der Waals surface area contributed by atoms with Crippen molar-refractivity contribution >= 4 is 29.1 Å². The summed E-state index contributed by atoms with van der Waals surface area (Å²) >= 11 is 6.12. The van der Waals surface area contributed by atoms with Crippen LogP contribution in [0.5, 0.6) is 11.5 Å². The van der Waals surface area contributed by atoms with Gasteiger partial charge in [-0.05, 0) is 25.5 Å². The second-order valence-corrected chi connectivity index (χ2v) is 7.31. The van der Waals surface area contributed by atoms with E-state index in [1.807, 2.05) is 7.05 Å². The minimum atomic E-state index is -0.262. The maximum Gasteiger partial charge on any atom is 0.224 e. The number of anilines is 1. The second-order valence-electron chi connectivity index (χ2n) is 6.91. The third-order valence-corrected chi connectivity index (χ3v) is 5.55. The molecule has 156 valence electrons. The van der Waals surface area contributed by atoms with E-state index in [1.54, 1.807) is 17.0 Å². The molecule has 1 aromatic rings. The summed E-state index contributed by atoms with van der Waals surface area (Å²) in [6.07, 6.45) is 2.22. The fraction of sp³-hybridized carbons (Fsp3) is 0.600. The van der Waals surface area contributed by atoms with Crippen LogP contribution in [0.3, 0.4) is 0 Å². The number of likely N-dealkylation sites (tertiary alicyclic amines) is 1. The molecule has 0 bridgehead atoms. The summed E-state index contributed by atoms with van der Waals surface area (Å²) in [5.41, 5.74) is 0.450. The minimum Gasteiger partial charge on any atom is -0.495 e. The average molecular weight is 412 g/mol. The standard InChI is InChI=1S/C20H30ClN3O4/c1-5-24-10-8-14(9-11-24)23(2)20(26)7-6-19(25)22-16-12-15(21)17(27-3)13-18(16)28-4/h12-14H,5-11H2,1-4H3,(H,22,25). The van der Waals surface area contributed by atoms with Crippen molar-refractivity contribution in [1.29, 1.82) is 0 Å². The van der Waals surface area contributed by atoms with Crippen molar-refractivity contribution in [1.82, 2.24) is 9.80 Å². The van der Waals surface area contributed by atoms with Gasteiger partial charge in [-0.15, -0.1) is 0 Å². The van der Waals surface area contributed by atoms with Gasteiger partial charge in [0.1, 0.15) is 11.5 Å². The number of ether oxygens (including phenoxy) is 2. The molecule has 28 heavy (non-hydrogen) atoms. The number of halogens is 1. The molecule has 0 aromatic heterocycles. The molecule has 8 heteroatoms. The van der Waals surface area contributed by atoms with Crippen LogP contribution in [0.4, 0.5) is 5.69 Å². The molecule has 2 rings (SSSR count). The van der Waals surface area contributed by atoms with Crippen molar-refractivity contribution in [3.05, 3.63) is 17.2 Å². The van der Waals surface area contributed by atoms with Gasteiger partial charge >= 0.3 is 0 Å². The van der Waals surface area contributed by atoms with Crippen molar-refractivity contribution in [3.63, 3.8) is 0 Å². The summed E-state index contributed by atoms with van der Waals surface area (Å²) < 4.78 is 10.4. The van der Waals surface area contributed by atoms with Gasteiger partial charge in [0.15, 0.2) is 0 Å². The zero-order valence-corrected chi connectivity index (χ0v) is 17.8. The highest BCUT2D eigenvalue weighted by Gasteiger charge is 2.25. The summed E-state index contributed by atoms with van der Waals surface area (Å²) in [4.78, 5) is 29.0. The molecule has 0 radical (unpaired) electrons. The average Bonchev–Trinajstić information content (AvgIpc) is 2.71. The molecule has 0 atom stereocenters. The molecule has 1 aliphatic rings. The van der Waals surface area contributed by atoms with Gasteiger partial charge in [0.05, 0.1) is 24.9 Å². The van der Waals surface area contributed by atoms with E-state index >= 15 is 0 Å². The van der Waals surface area contributed by atoms with Crippen molar-refractivity contribution in [3.8, 4) is 11.5 Å². The number of piperidine rings is 1. The quantitative estimate of drug-likeness (QED) is 0.712. The van der Waals surface area contributed by atoms with Crippen LogP contribution in [0.25, 0.3) is 0 Å². The van der Waals surface area contributed by atoms with E-state index < -0.39 is 0 Å². The third-order valence-electron chi connectivity index (χ3n) is 5.26. The summed E-state index contributed by atoms with van der Waals surface area (Å²) in [5, 5.41) is 3.13. The van der Waals surface area contributed by atoms with Gasteiger partial charge in [0.25, 0.3) is 0 Å². The highest BCUT2D eigenvalue weighted by molar-refractivity contribution is 6.32. The van der Waals surface area contributed by atoms with Crippen LogP contribution in [0.1, 0.15) is 32.6 Å². The van der Waals surface area contributed by atoms with Crippen LogP contribution < -0.4 is 14.8 Å². The van der Waals surface area contributed by atoms with E-state index in [0.717, 1.165) is 32.5 Å². The summed E-state index contributed by atoms with van der Waals surface area (Å²) in [5.74, 6) is 0.634. The number of nitrogens with zero attached hydrogens (tertiary/aromatic N) is 2. The Hall–Kier alpha value is -1.99. The zero-order chi connectivity index (χ0) is 20.7. The number of nitrogens with one attached hydrogen (secondary N) is 1. The first kappa shape index (κ1) is 22.3. The molecule has 0 spiro atoms. The van der Waals surface area contributed by atoms with Gasteiger partial charge < -0.3 is 24.6 Å². The Kier molecular flexibility index (Phi) is 8.38. The number of carbonyl (C=O) groups is 2. The first-order valence-electron chi connectivity index (χ1n) is 9.59. The minimum absolute atomic E-state index is 0.00942. The zero-order valence-electron chi connectivity index (χ0n) is 17.1. The Balaban J connectivity index is 1.87. The Morgan fingerprint density at radius 1 is 1.18 bits per heavy atom. The maximum absolute atomic E-state index is 12.5. The van der Waals surface area contributed by atoms with Crippen molar-refractivity contribution < 1.29 is 19.1 Å². The summed E-state index contributed by atoms with van der Waals surface area (Å²) in [6, 6.07) is 3.44. The molecule has 1 aliphatic heterocycles. The van der Waals surface area contributed by atoms with Crippen molar-refractivity contribution in [2.75, 3.05) is 46.2 Å². The summed E-state index contributed by atoms with van der Waals surface area (Å²) in [6.45, 7) is 5.22. The van der Waals surface area contributed by atoms with Crippen LogP contribution >= 0.6 is 11.6 Å². The molecular weight excluding hydrogens is 382 g/mol. The Morgan fingerprint density at radius 3 is 2.39 bits per heavy atom. The molecule has 0 unspecified atom stereocenters. The molecule has 0 saturated carbocycles. The smallest absolute Gasteiger partial charge is 0.224 e. The third kappa shape index (κ3) is 5.75. The normalized spacial score (nSPS) is 15.2. The van der Waals surface area contributed by atoms with E-state index in [9.17, 15) is 9.59 Å². The summed E-state index contributed by atoms with van der Waals surface area (Å²) in [7, 11) is 4.84. The monoisotopic (exact) mass is 411 g/mol. The molecule has 1 heterocycles. The fourth-order valence-electron chi connectivity index (χ4n) is 3.39. The molecular formula is C20H30ClN3O4. The van der Waals surface area contributed by atoms with E-state index in [1.165, 1.54) is 14.2 Å². The first-order valence-corrected chi connectivity index (χ1v) is 9.96. The first-order chi connectivity index (χ1) is 13.4. The van der Waals surface area contributed by atoms with E-state index in [-0.39, 0.29) is 30.7 Å². The van der Waals surface area contributed by atoms with Crippen LogP contribution in [-0.4, -0.2) is 68.6 Å². The highest BCUT2D eigenvalue weighted by Crippen LogP contribution is 2.35. The molecule has 0 aliphatic carbocycles. The number of hydrogen-bond acceptors (Lipinski definition) is 5. The predicted octanol–water partition coefficient (Wildman–Crippen LogP) is 3.02. The fourth-order valence-corrected chi connectivity index (χ4v) is 3.63. The Bertz CT molecular complexity index is 690. The van der Waals surface area contributed by atoms with Crippen molar-refractivity contribution in [2.24, 2.45) is 0 Å². The lowest BCUT2D eigenvalue weighted by Crippen LogP contribution is -2.45. The topological polar surface area (TPSA) is 71.1 Å². The lowest BCUT2D eigenvalue weighted by atomic mass is 10.0. The number of benzene rings is 1. The van der Waals surface area contributed by atoms with Crippen LogP contribution in [-0.2, 0) is 9.59 Å². The SMILES string of the molecule is CCN1CCC(N(C)C(=O)CCC(=O)Nc2cc(Cl)c(OC)cc2OC)CC1. The van der Waals surface area contributed by atoms with E-state index in [0.29, 0.717) is 22.2 Å². The molecule has 1 aromatic carbocycles. The van der Waals surface area contributed by atoms with Gasteiger partial charge in [-0.1, -0.05) is 18.5 Å². The predicted molar refractivity (Wildman–Crippen MR) is 110 cm³/mol. The molecule has 7 nitrogen and oxygen atoms in total. The number of amides is 2. The van der Waals surface area contributed by atoms with Gasteiger partial charge in [-0.3, -0.25) is 9.59 Å². The lowest BCUT2D eigenvalue weighted by molar-refractivity contribution is -0.134. The number of methoxy groups -OCH3 is 2. The number of rotatable bonds is 8. The Morgan fingerprint density at radius 2 is 1.82 bits per heavy atom. The van der Waals surface area contributed by atoms with Crippen LogP contribution in [0.2, 0.25) is 5.02 Å². The number of hydrogen-bond donors (Lipinski definition) is 1. The van der Waals surface area contributed by atoms with Crippen molar-refractivity contribution in [2.45, 2.75) is 38.6 Å². The second kappa shape index (κ2) is 10.5. The lowest BCUT2D eigenvalue weighted by Gasteiger charge is -2.36. The maximum atomic E-state index is 12.5. The Labute approximate surface area is 171 Å². The van der Waals surface area contributed by atoms with Gasteiger partial charge in [0.2, 0.25) is 11.8 Å².